The molecule has 6 heteroatoms. The van der Waals surface area contributed by atoms with Crippen LogP contribution in [0.3, 0.4) is 0 Å². The highest BCUT2D eigenvalue weighted by molar-refractivity contribution is 7.80. The Morgan fingerprint density at radius 2 is 1.96 bits per heavy atom. The number of furan rings is 1. The standard InChI is InChI=1S/C17H20N4OS/c18-17(23)20-19-12-14-11-15(13-7-3-1-4-8-13)22-16(14)21-9-5-2-6-10-21/h1,3-4,7-8,11-12H,2,5-6,9-10H2,(H3,18,20,23)/b19-12-. The lowest BCUT2D eigenvalue weighted by Crippen LogP contribution is -2.29. The fraction of sp³-hybridized carbons (Fsp3) is 0.294. The number of benzene rings is 1. The lowest BCUT2D eigenvalue weighted by Gasteiger charge is -2.26. The molecule has 0 bridgehead atoms. The number of anilines is 1. The third-order valence-corrected chi connectivity index (χ3v) is 3.91. The van der Waals surface area contributed by atoms with Crippen LogP contribution in [0.15, 0.2) is 45.9 Å². The minimum atomic E-state index is 0.146. The highest BCUT2D eigenvalue weighted by atomic mass is 32.1. The van der Waals surface area contributed by atoms with Crippen molar-refractivity contribution in [3.05, 3.63) is 42.0 Å². The van der Waals surface area contributed by atoms with Crippen LogP contribution in [0.4, 0.5) is 5.88 Å². The summed E-state index contributed by atoms with van der Waals surface area (Å²) in [6.45, 7) is 2.01. The molecule has 0 atom stereocenters. The number of nitrogens with zero attached hydrogens (tertiary/aromatic N) is 2. The number of hydrazone groups is 1. The number of piperidine rings is 1. The molecule has 2 heterocycles. The first-order chi connectivity index (χ1) is 11.2. The van der Waals surface area contributed by atoms with Gasteiger partial charge in [0.05, 0.1) is 11.8 Å². The molecule has 120 valence electrons. The van der Waals surface area contributed by atoms with E-state index in [1.807, 2.05) is 36.4 Å². The maximum absolute atomic E-state index is 6.14. The molecule has 0 aliphatic carbocycles. The zero-order valence-electron chi connectivity index (χ0n) is 12.9. The van der Waals surface area contributed by atoms with E-state index in [4.69, 9.17) is 22.4 Å². The average Bonchev–Trinajstić information content (AvgIpc) is 3.00. The SMILES string of the molecule is NC(=S)N/N=C\c1cc(-c2ccccc2)oc1N1CCCCC1. The van der Waals surface area contributed by atoms with Gasteiger partial charge in [-0.3, -0.25) is 5.43 Å². The Kier molecular flexibility index (Phi) is 4.92. The number of hydrogen-bond acceptors (Lipinski definition) is 4. The fourth-order valence-electron chi connectivity index (χ4n) is 2.74. The molecule has 1 aliphatic heterocycles. The van der Waals surface area contributed by atoms with Crippen molar-refractivity contribution in [3.63, 3.8) is 0 Å². The topological polar surface area (TPSA) is 66.8 Å². The van der Waals surface area contributed by atoms with Crippen LogP contribution < -0.4 is 16.1 Å². The Morgan fingerprint density at radius 1 is 1.22 bits per heavy atom. The van der Waals surface area contributed by atoms with Crippen LogP contribution in [0, 0.1) is 0 Å². The number of hydrogen-bond donors (Lipinski definition) is 2. The maximum atomic E-state index is 6.14. The second-order valence-corrected chi connectivity index (χ2v) is 5.96. The second kappa shape index (κ2) is 7.28. The molecule has 1 aliphatic rings. The Morgan fingerprint density at radius 3 is 2.65 bits per heavy atom. The number of thiocarbonyl (C=S) groups is 1. The number of nitrogens with two attached hydrogens (primary N) is 1. The van der Waals surface area contributed by atoms with E-state index in [1.54, 1.807) is 6.21 Å². The van der Waals surface area contributed by atoms with Gasteiger partial charge in [-0.1, -0.05) is 30.3 Å². The summed E-state index contributed by atoms with van der Waals surface area (Å²) in [7, 11) is 0. The summed E-state index contributed by atoms with van der Waals surface area (Å²) in [6.07, 6.45) is 5.35. The van der Waals surface area contributed by atoms with Gasteiger partial charge in [0.15, 0.2) is 5.11 Å². The van der Waals surface area contributed by atoms with Crippen LogP contribution >= 0.6 is 12.2 Å². The van der Waals surface area contributed by atoms with Crippen molar-refractivity contribution in [3.8, 4) is 11.3 Å². The molecule has 1 aromatic heterocycles. The first-order valence-corrected chi connectivity index (χ1v) is 8.17. The third kappa shape index (κ3) is 3.90. The van der Waals surface area contributed by atoms with E-state index in [9.17, 15) is 0 Å². The van der Waals surface area contributed by atoms with Crippen molar-refractivity contribution in [1.82, 2.24) is 5.43 Å². The second-order valence-electron chi connectivity index (χ2n) is 5.52. The summed E-state index contributed by atoms with van der Waals surface area (Å²) in [5.74, 6) is 1.69. The maximum Gasteiger partial charge on any atom is 0.205 e. The summed E-state index contributed by atoms with van der Waals surface area (Å²) >= 11 is 4.77. The van der Waals surface area contributed by atoms with Gasteiger partial charge in [-0.05, 0) is 37.5 Å². The van der Waals surface area contributed by atoms with Crippen LogP contribution in [-0.2, 0) is 0 Å². The highest BCUT2D eigenvalue weighted by Gasteiger charge is 2.19. The zero-order chi connectivity index (χ0) is 16.1. The van der Waals surface area contributed by atoms with Crippen LogP contribution in [0.5, 0.6) is 0 Å². The van der Waals surface area contributed by atoms with E-state index >= 15 is 0 Å². The molecule has 5 nitrogen and oxygen atoms in total. The molecular weight excluding hydrogens is 308 g/mol. The van der Waals surface area contributed by atoms with E-state index in [0.29, 0.717) is 0 Å². The number of rotatable bonds is 4. The van der Waals surface area contributed by atoms with Crippen LogP contribution in [-0.4, -0.2) is 24.4 Å². The molecule has 1 saturated heterocycles. The van der Waals surface area contributed by atoms with Crippen LogP contribution in [0.2, 0.25) is 0 Å². The lowest BCUT2D eigenvalue weighted by atomic mass is 10.1. The van der Waals surface area contributed by atoms with E-state index in [1.165, 1.54) is 19.3 Å². The minimum Gasteiger partial charge on any atom is -0.440 e. The molecule has 3 N–H and O–H groups in total. The predicted molar refractivity (Wildman–Crippen MR) is 97.7 cm³/mol. The van der Waals surface area contributed by atoms with Gasteiger partial charge < -0.3 is 15.1 Å². The van der Waals surface area contributed by atoms with Crippen molar-refractivity contribution in [1.29, 1.82) is 0 Å². The monoisotopic (exact) mass is 328 g/mol. The molecule has 3 rings (SSSR count). The van der Waals surface area contributed by atoms with Gasteiger partial charge >= 0.3 is 0 Å². The molecule has 1 fully saturated rings. The Hall–Kier alpha value is -2.34. The normalized spacial score (nSPS) is 15.0. The van der Waals surface area contributed by atoms with Crippen LogP contribution in [0.1, 0.15) is 24.8 Å². The van der Waals surface area contributed by atoms with Gasteiger partial charge in [0.1, 0.15) is 5.76 Å². The average molecular weight is 328 g/mol. The molecular formula is C17H20N4OS. The molecule has 1 aromatic carbocycles. The quantitative estimate of drug-likeness (QED) is 0.513. The Balaban J connectivity index is 1.92. The smallest absolute Gasteiger partial charge is 0.205 e. The third-order valence-electron chi connectivity index (χ3n) is 3.82. The van der Waals surface area contributed by atoms with Gasteiger partial charge in [-0.2, -0.15) is 5.10 Å². The van der Waals surface area contributed by atoms with E-state index in [-0.39, 0.29) is 5.11 Å². The van der Waals surface area contributed by atoms with Gasteiger partial charge in [0, 0.05) is 18.7 Å². The zero-order valence-corrected chi connectivity index (χ0v) is 13.7. The Labute approximate surface area is 141 Å². The van der Waals surface area contributed by atoms with E-state index in [2.05, 4.69) is 15.4 Å². The molecule has 23 heavy (non-hydrogen) atoms. The lowest BCUT2D eigenvalue weighted by molar-refractivity contribution is 0.506. The van der Waals surface area contributed by atoms with Crippen LogP contribution in [0.25, 0.3) is 11.3 Å². The molecule has 0 radical (unpaired) electrons. The first-order valence-electron chi connectivity index (χ1n) is 7.77. The molecule has 2 aromatic rings. The van der Waals surface area contributed by atoms with E-state index in [0.717, 1.165) is 35.9 Å². The van der Waals surface area contributed by atoms with E-state index < -0.39 is 0 Å². The van der Waals surface area contributed by atoms with Gasteiger partial charge in [-0.15, -0.1) is 0 Å². The summed E-state index contributed by atoms with van der Waals surface area (Å²) < 4.78 is 6.14. The van der Waals surface area contributed by atoms with Crippen molar-refractivity contribution in [2.24, 2.45) is 10.8 Å². The predicted octanol–water partition coefficient (Wildman–Crippen LogP) is 3.10. The Bertz CT molecular complexity index is 690. The fourth-order valence-corrected chi connectivity index (χ4v) is 2.79. The molecule has 0 spiro atoms. The summed E-state index contributed by atoms with van der Waals surface area (Å²) in [6, 6.07) is 12.1. The summed E-state index contributed by atoms with van der Waals surface area (Å²) in [5, 5.41) is 4.22. The van der Waals surface area contributed by atoms with Crippen molar-refractivity contribution in [2.75, 3.05) is 18.0 Å². The summed E-state index contributed by atoms with van der Waals surface area (Å²) in [4.78, 5) is 2.28. The summed E-state index contributed by atoms with van der Waals surface area (Å²) in [5.41, 5.74) is 9.97. The van der Waals surface area contributed by atoms with Gasteiger partial charge in [-0.25, -0.2) is 0 Å². The minimum absolute atomic E-state index is 0.146. The molecule has 0 unspecified atom stereocenters. The molecule has 0 amide bonds. The van der Waals surface area contributed by atoms with Crippen molar-refractivity contribution >= 4 is 29.4 Å². The van der Waals surface area contributed by atoms with Gasteiger partial charge in [0.25, 0.3) is 0 Å². The van der Waals surface area contributed by atoms with Gasteiger partial charge in [0.2, 0.25) is 5.88 Å². The van der Waals surface area contributed by atoms with Crippen molar-refractivity contribution in [2.45, 2.75) is 19.3 Å². The highest BCUT2D eigenvalue weighted by Crippen LogP contribution is 2.32. The van der Waals surface area contributed by atoms with Crippen molar-refractivity contribution < 1.29 is 4.42 Å². The number of nitrogens with one attached hydrogen (secondary N) is 1. The first kappa shape index (κ1) is 15.6. The molecule has 0 saturated carbocycles. The largest absolute Gasteiger partial charge is 0.440 e.